The molecule has 0 spiro atoms. The molecule has 2 rings (SSSR count). The monoisotopic (exact) mass is 214 g/mol. The molecule has 82 valence electrons. The van der Waals surface area contributed by atoms with Crippen LogP contribution in [0.25, 0.3) is 5.65 Å². The summed E-state index contributed by atoms with van der Waals surface area (Å²) in [5.74, 6) is 0. The smallest absolute Gasteiger partial charge is 0.173 e. The SMILES string of the molecule is Cc1nn2cc(C(C)(C)C)cnc2c1C#N. The summed E-state index contributed by atoms with van der Waals surface area (Å²) >= 11 is 0. The Hall–Kier alpha value is -1.89. The number of hydrogen-bond donors (Lipinski definition) is 0. The van der Waals surface area contributed by atoms with Crippen LogP contribution < -0.4 is 0 Å². The van der Waals surface area contributed by atoms with Crippen LogP contribution in [0.2, 0.25) is 0 Å². The maximum absolute atomic E-state index is 8.99. The molecule has 0 fully saturated rings. The highest BCUT2D eigenvalue weighted by Crippen LogP contribution is 2.22. The van der Waals surface area contributed by atoms with Crippen LogP contribution in [0.4, 0.5) is 0 Å². The van der Waals surface area contributed by atoms with E-state index in [1.165, 1.54) is 0 Å². The summed E-state index contributed by atoms with van der Waals surface area (Å²) < 4.78 is 1.69. The molecule has 0 atom stereocenters. The fourth-order valence-electron chi connectivity index (χ4n) is 1.56. The zero-order valence-corrected chi connectivity index (χ0v) is 9.94. The summed E-state index contributed by atoms with van der Waals surface area (Å²) in [5.41, 5.74) is 3.05. The first kappa shape index (κ1) is 10.6. The fourth-order valence-corrected chi connectivity index (χ4v) is 1.56. The lowest BCUT2D eigenvalue weighted by atomic mass is 9.89. The van der Waals surface area contributed by atoms with E-state index in [1.54, 1.807) is 4.52 Å². The minimum Gasteiger partial charge on any atom is -0.236 e. The molecular weight excluding hydrogens is 200 g/mol. The van der Waals surface area contributed by atoms with Crippen molar-refractivity contribution in [1.29, 1.82) is 5.26 Å². The van der Waals surface area contributed by atoms with E-state index in [4.69, 9.17) is 5.26 Å². The van der Waals surface area contributed by atoms with E-state index in [0.717, 1.165) is 11.3 Å². The Kier molecular flexibility index (Phi) is 2.20. The van der Waals surface area contributed by atoms with E-state index in [9.17, 15) is 0 Å². The van der Waals surface area contributed by atoms with Crippen LogP contribution in [0, 0.1) is 18.3 Å². The number of aryl methyl sites for hydroxylation is 1. The lowest BCUT2D eigenvalue weighted by molar-refractivity contribution is 0.581. The van der Waals surface area contributed by atoms with E-state index in [0.29, 0.717) is 11.2 Å². The molecule has 2 aromatic rings. The van der Waals surface area contributed by atoms with Crippen molar-refractivity contribution >= 4 is 5.65 Å². The zero-order chi connectivity index (χ0) is 11.9. The van der Waals surface area contributed by atoms with Crippen LogP contribution in [0.5, 0.6) is 0 Å². The van der Waals surface area contributed by atoms with Gasteiger partial charge in [0.1, 0.15) is 11.6 Å². The Morgan fingerprint density at radius 2 is 2.06 bits per heavy atom. The lowest BCUT2D eigenvalue weighted by Crippen LogP contribution is -2.12. The number of hydrogen-bond acceptors (Lipinski definition) is 3. The third-order valence-electron chi connectivity index (χ3n) is 2.63. The van der Waals surface area contributed by atoms with Crippen LogP contribution in [-0.2, 0) is 5.41 Å². The lowest BCUT2D eigenvalue weighted by Gasteiger charge is -2.17. The largest absolute Gasteiger partial charge is 0.236 e. The van der Waals surface area contributed by atoms with Crippen molar-refractivity contribution in [3.63, 3.8) is 0 Å². The van der Waals surface area contributed by atoms with Crippen molar-refractivity contribution in [1.82, 2.24) is 14.6 Å². The number of rotatable bonds is 0. The Morgan fingerprint density at radius 1 is 1.38 bits per heavy atom. The van der Waals surface area contributed by atoms with Gasteiger partial charge in [0, 0.05) is 12.4 Å². The van der Waals surface area contributed by atoms with Crippen molar-refractivity contribution in [2.24, 2.45) is 0 Å². The average molecular weight is 214 g/mol. The van der Waals surface area contributed by atoms with Crippen molar-refractivity contribution < 1.29 is 0 Å². The molecular formula is C12H14N4. The van der Waals surface area contributed by atoms with Gasteiger partial charge in [0.25, 0.3) is 0 Å². The second-order valence-corrected chi connectivity index (χ2v) is 4.93. The quantitative estimate of drug-likeness (QED) is 0.675. The van der Waals surface area contributed by atoms with Crippen LogP contribution in [-0.4, -0.2) is 14.6 Å². The van der Waals surface area contributed by atoms with Crippen molar-refractivity contribution in [2.75, 3.05) is 0 Å². The molecule has 0 unspecified atom stereocenters. The standard InChI is InChI=1S/C12H14N4/c1-8-10(5-13)11-14-6-9(12(2,3)4)7-16(11)15-8/h6-7H,1-4H3. The number of fused-ring (bicyclic) bond motifs is 1. The van der Waals surface area contributed by atoms with Crippen molar-refractivity contribution in [3.05, 3.63) is 29.2 Å². The van der Waals surface area contributed by atoms with Crippen LogP contribution >= 0.6 is 0 Å². The minimum atomic E-state index is 0.0356. The maximum Gasteiger partial charge on any atom is 0.173 e. The molecule has 0 aliphatic rings. The first-order valence-corrected chi connectivity index (χ1v) is 5.19. The Morgan fingerprint density at radius 3 is 2.62 bits per heavy atom. The molecule has 4 nitrogen and oxygen atoms in total. The molecule has 0 saturated heterocycles. The summed E-state index contributed by atoms with van der Waals surface area (Å²) in [7, 11) is 0. The Labute approximate surface area is 94.5 Å². The molecule has 2 heterocycles. The number of nitriles is 1. The van der Waals surface area contributed by atoms with E-state index < -0.39 is 0 Å². The van der Waals surface area contributed by atoms with Gasteiger partial charge in [-0.15, -0.1) is 0 Å². The summed E-state index contributed by atoms with van der Waals surface area (Å²) in [6.45, 7) is 8.19. The second kappa shape index (κ2) is 3.31. The first-order valence-electron chi connectivity index (χ1n) is 5.19. The van der Waals surface area contributed by atoms with Gasteiger partial charge in [-0.2, -0.15) is 10.4 Å². The average Bonchev–Trinajstić information content (AvgIpc) is 2.50. The third kappa shape index (κ3) is 1.54. The van der Waals surface area contributed by atoms with E-state index >= 15 is 0 Å². The van der Waals surface area contributed by atoms with Crippen LogP contribution in [0.1, 0.15) is 37.6 Å². The molecule has 0 saturated carbocycles. The van der Waals surface area contributed by atoms with Crippen molar-refractivity contribution in [2.45, 2.75) is 33.1 Å². The zero-order valence-electron chi connectivity index (χ0n) is 9.94. The molecule has 2 aromatic heterocycles. The Balaban J connectivity index is 2.71. The van der Waals surface area contributed by atoms with Gasteiger partial charge in [0.15, 0.2) is 5.65 Å². The number of aromatic nitrogens is 3. The van der Waals surface area contributed by atoms with E-state index in [1.807, 2.05) is 19.3 Å². The molecule has 4 heteroatoms. The normalized spacial score (nSPS) is 11.7. The van der Waals surface area contributed by atoms with E-state index in [2.05, 4.69) is 36.9 Å². The third-order valence-corrected chi connectivity index (χ3v) is 2.63. The topological polar surface area (TPSA) is 54.0 Å². The van der Waals surface area contributed by atoms with Gasteiger partial charge in [-0.1, -0.05) is 20.8 Å². The highest BCUT2D eigenvalue weighted by Gasteiger charge is 2.17. The molecule has 0 bridgehead atoms. The predicted octanol–water partition coefficient (Wildman–Crippen LogP) is 2.21. The fraction of sp³-hybridized carbons (Fsp3) is 0.417. The van der Waals surface area contributed by atoms with Gasteiger partial charge < -0.3 is 0 Å². The Bertz CT molecular complexity index is 581. The second-order valence-electron chi connectivity index (χ2n) is 4.93. The van der Waals surface area contributed by atoms with Gasteiger partial charge in [-0.05, 0) is 17.9 Å². The molecule has 0 radical (unpaired) electrons. The first-order chi connectivity index (χ1) is 7.43. The molecule has 0 amide bonds. The van der Waals surface area contributed by atoms with Gasteiger partial charge >= 0.3 is 0 Å². The minimum absolute atomic E-state index is 0.0356. The van der Waals surface area contributed by atoms with Crippen LogP contribution in [0.15, 0.2) is 12.4 Å². The maximum atomic E-state index is 8.99. The molecule has 0 aliphatic heterocycles. The highest BCUT2D eigenvalue weighted by molar-refractivity contribution is 5.57. The summed E-state index contributed by atoms with van der Waals surface area (Å²) in [5, 5.41) is 13.3. The van der Waals surface area contributed by atoms with Gasteiger partial charge in [-0.3, -0.25) is 0 Å². The van der Waals surface area contributed by atoms with E-state index in [-0.39, 0.29) is 5.41 Å². The van der Waals surface area contributed by atoms with Gasteiger partial charge in [0.05, 0.1) is 5.69 Å². The van der Waals surface area contributed by atoms with Gasteiger partial charge in [-0.25, -0.2) is 9.50 Å². The van der Waals surface area contributed by atoms with Crippen molar-refractivity contribution in [3.8, 4) is 6.07 Å². The summed E-state index contributed by atoms with van der Waals surface area (Å²) in [6.07, 6.45) is 3.76. The molecule has 16 heavy (non-hydrogen) atoms. The molecule has 0 N–H and O–H groups in total. The molecule has 0 aromatic carbocycles. The number of nitrogens with zero attached hydrogens (tertiary/aromatic N) is 4. The summed E-state index contributed by atoms with van der Waals surface area (Å²) in [4.78, 5) is 4.32. The van der Waals surface area contributed by atoms with Crippen LogP contribution in [0.3, 0.4) is 0 Å². The van der Waals surface area contributed by atoms with Gasteiger partial charge in [0.2, 0.25) is 0 Å². The highest BCUT2D eigenvalue weighted by atomic mass is 15.2. The predicted molar refractivity (Wildman–Crippen MR) is 61.1 cm³/mol. The summed E-state index contributed by atoms with van der Waals surface area (Å²) in [6, 6.07) is 2.13. The molecule has 0 aliphatic carbocycles.